The number of nitrogens with one attached hydrogen (secondary N) is 1. The van der Waals surface area contributed by atoms with Gasteiger partial charge in [-0.05, 0) is 32.5 Å². The van der Waals surface area contributed by atoms with Crippen molar-refractivity contribution in [2.45, 2.75) is 26.3 Å². The lowest BCUT2D eigenvalue weighted by molar-refractivity contribution is -0.122. The van der Waals surface area contributed by atoms with Gasteiger partial charge >= 0.3 is 5.97 Å². The molecule has 0 saturated heterocycles. The average molecular weight is 282 g/mol. The summed E-state index contributed by atoms with van der Waals surface area (Å²) < 4.78 is 10.0. The second kappa shape index (κ2) is 7.69. The number of amides is 1. The zero-order chi connectivity index (χ0) is 15.1. The van der Waals surface area contributed by atoms with Crippen LogP contribution in [0, 0.1) is 0 Å². The SMILES string of the molecule is CCCNC(=O)CN(C)C(C)c1ccc(C(=O)OC)o1. The highest BCUT2D eigenvalue weighted by molar-refractivity contribution is 5.86. The van der Waals surface area contributed by atoms with E-state index in [9.17, 15) is 9.59 Å². The Morgan fingerprint density at radius 1 is 1.45 bits per heavy atom. The minimum absolute atomic E-state index is 0.0269. The van der Waals surface area contributed by atoms with Crippen LogP contribution >= 0.6 is 0 Å². The van der Waals surface area contributed by atoms with E-state index in [0.29, 0.717) is 12.3 Å². The van der Waals surface area contributed by atoms with Crippen LogP contribution in [0.25, 0.3) is 0 Å². The second-order valence-electron chi connectivity index (χ2n) is 4.63. The van der Waals surface area contributed by atoms with E-state index in [2.05, 4.69) is 10.1 Å². The summed E-state index contributed by atoms with van der Waals surface area (Å²) >= 11 is 0. The van der Waals surface area contributed by atoms with Crippen LogP contribution < -0.4 is 5.32 Å². The number of methoxy groups -OCH3 is 1. The Morgan fingerprint density at radius 2 is 2.15 bits per heavy atom. The highest BCUT2D eigenvalue weighted by Gasteiger charge is 2.19. The molecule has 6 nitrogen and oxygen atoms in total. The summed E-state index contributed by atoms with van der Waals surface area (Å²) in [6.45, 7) is 4.86. The van der Waals surface area contributed by atoms with Crippen molar-refractivity contribution in [3.8, 4) is 0 Å². The summed E-state index contributed by atoms with van der Waals surface area (Å²) in [5.74, 6) is 0.252. The molecule has 20 heavy (non-hydrogen) atoms. The maximum atomic E-state index is 11.7. The number of hydrogen-bond donors (Lipinski definition) is 1. The van der Waals surface area contributed by atoms with Gasteiger partial charge in [-0.2, -0.15) is 0 Å². The van der Waals surface area contributed by atoms with Gasteiger partial charge in [0.2, 0.25) is 11.7 Å². The van der Waals surface area contributed by atoms with Crippen LogP contribution in [0.15, 0.2) is 16.5 Å². The number of hydrogen-bond acceptors (Lipinski definition) is 5. The predicted molar refractivity (Wildman–Crippen MR) is 74.4 cm³/mol. The number of furan rings is 1. The van der Waals surface area contributed by atoms with Gasteiger partial charge in [0.1, 0.15) is 5.76 Å². The van der Waals surface area contributed by atoms with Gasteiger partial charge in [0.25, 0.3) is 0 Å². The Morgan fingerprint density at radius 3 is 2.75 bits per heavy atom. The fraction of sp³-hybridized carbons (Fsp3) is 0.571. The Hall–Kier alpha value is -1.82. The van der Waals surface area contributed by atoms with Gasteiger partial charge in [0.15, 0.2) is 0 Å². The molecule has 0 aliphatic rings. The third-order valence-electron chi connectivity index (χ3n) is 3.05. The molecule has 1 aromatic heterocycles. The molecule has 0 spiro atoms. The molecule has 0 aliphatic carbocycles. The Bertz CT molecular complexity index is 456. The third kappa shape index (κ3) is 4.38. The van der Waals surface area contributed by atoms with Crippen LogP contribution in [0.5, 0.6) is 0 Å². The topological polar surface area (TPSA) is 71.8 Å². The van der Waals surface area contributed by atoms with Crippen molar-refractivity contribution in [1.29, 1.82) is 0 Å². The summed E-state index contributed by atoms with van der Waals surface area (Å²) in [7, 11) is 3.13. The second-order valence-corrected chi connectivity index (χ2v) is 4.63. The van der Waals surface area contributed by atoms with E-state index in [1.807, 2.05) is 25.8 Å². The number of likely N-dealkylation sites (N-methyl/N-ethyl adjacent to an activating group) is 1. The number of carbonyl (C=O) groups is 2. The lowest BCUT2D eigenvalue weighted by atomic mass is 10.2. The van der Waals surface area contributed by atoms with Crippen LogP contribution in [-0.2, 0) is 9.53 Å². The number of nitrogens with zero attached hydrogens (tertiary/aromatic N) is 1. The minimum atomic E-state index is -0.508. The summed E-state index contributed by atoms with van der Waals surface area (Å²) in [6, 6.07) is 3.18. The Balaban J connectivity index is 2.60. The summed E-state index contributed by atoms with van der Waals surface area (Å²) in [5, 5.41) is 2.82. The monoisotopic (exact) mass is 282 g/mol. The van der Waals surface area contributed by atoms with Gasteiger partial charge in [-0.3, -0.25) is 9.69 Å². The molecule has 1 atom stereocenters. The summed E-state index contributed by atoms with van der Waals surface area (Å²) in [4.78, 5) is 24.8. The minimum Gasteiger partial charge on any atom is -0.463 e. The highest BCUT2D eigenvalue weighted by atomic mass is 16.5. The van der Waals surface area contributed by atoms with E-state index >= 15 is 0 Å². The van der Waals surface area contributed by atoms with Crippen molar-refractivity contribution < 1.29 is 18.7 Å². The third-order valence-corrected chi connectivity index (χ3v) is 3.05. The molecule has 112 valence electrons. The number of esters is 1. The molecule has 0 aliphatic heterocycles. The summed E-state index contributed by atoms with van der Waals surface area (Å²) in [6.07, 6.45) is 0.908. The Labute approximate surface area is 119 Å². The largest absolute Gasteiger partial charge is 0.463 e. The van der Waals surface area contributed by atoms with Crippen molar-refractivity contribution in [3.05, 3.63) is 23.7 Å². The van der Waals surface area contributed by atoms with Crippen LogP contribution in [0.3, 0.4) is 0 Å². The lowest BCUT2D eigenvalue weighted by Gasteiger charge is -2.22. The highest BCUT2D eigenvalue weighted by Crippen LogP contribution is 2.21. The molecule has 0 saturated carbocycles. The molecule has 0 aromatic carbocycles. The van der Waals surface area contributed by atoms with Gasteiger partial charge in [0, 0.05) is 6.54 Å². The zero-order valence-corrected chi connectivity index (χ0v) is 12.4. The molecular weight excluding hydrogens is 260 g/mol. The van der Waals surface area contributed by atoms with Gasteiger partial charge in [-0.25, -0.2) is 4.79 Å². The first-order valence-corrected chi connectivity index (χ1v) is 6.64. The molecule has 6 heteroatoms. The van der Waals surface area contributed by atoms with E-state index in [0.717, 1.165) is 6.42 Å². The first kappa shape index (κ1) is 16.2. The smallest absolute Gasteiger partial charge is 0.373 e. The maximum Gasteiger partial charge on any atom is 0.373 e. The average Bonchev–Trinajstić information content (AvgIpc) is 2.92. The Kier molecular flexibility index (Phi) is 6.24. The molecule has 1 N–H and O–H groups in total. The van der Waals surface area contributed by atoms with Crippen LogP contribution in [-0.4, -0.2) is 44.0 Å². The van der Waals surface area contributed by atoms with E-state index in [1.165, 1.54) is 7.11 Å². The first-order valence-electron chi connectivity index (χ1n) is 6.64. The van der Waals surface area contributed by atoms with Gasteiger partial charge < -0.3 is 14.5 Å². The normalized spacial score (nSPS) is 12.2. The van der Waals surface area contributed by atoms with Crippen LogP contribution in [0.4, 0.5) is 0 Å². The molecule has 1 heterocycles. The van der Waals surface area contributed by atoms with Crippen molar-refractivity contribution in [1.82, 2.24) is 10.2 Å². The molecule has 1 aromatic rings. The maximum absolute atomic E-state index is 11.7. The quantitative estimate of drug-likeness (QED) is 0.769. The van der Waals surface area contributed by atoms with Gasteiger partial charge in [0.05, 0.1) is 19.7 Å². The van der Waals surface area contributed by atoms with Crippen molar-refractivity contribution in [2.24, 2.45) is 0 Å². The molecule has 1 unspecified atom stereocenters. The van der Waals surface area contributed by atoms with E-state index in [1.54, 1.807) is 12.1 Å². The molecule has 1 rings (SSSR count). The molecule has 0 radical (unpaired) electrons. The number of ether oxygens (including phenoxy) is 1. The van der Waals surface area contributed by atoms with Gasteiger partial charge in [-0.15, -0.1) is 0 Å². The van der Waals surface area contributed by atoms with E-state index < -0.39 is 5.97 Å². The molecule has 1 amide bonds. The van der Waals surface area contributed by atoms with E-state index in [4.69, 9.17) is 4.42 Å². The zero-order valence-electron chi connectivity index (χ0n) is 12.4. The van der Waals surface area contributed by atoms with Gasteiger partial charge in [-0.1, -0.05) is 6.92 Å². The standard InChI is InChI=1S/C14H22N2O4/c1-5-8-15-13(17)9-16(3)10(2)11-6-7-12(20-11)14(18)19-4/h6-7,10H,5,8-9H2,1-4H3,(H,15,17). The fourth-order valence-electron chi connectivity index (χ4n) is 1.69. The first-order chi connectivity index (χ1) is 9.49. The van der Waals surface area contributed by atoms with Crippen molar-refractivity contribution >= 4 is 11.9 Å². The molecule has 0 fully saturated rings. The molecule has 0 bridgehead atoms. The lowest BCUT2D eigenvalue weighted by Crippen LogP contribution is -2.36. The van der Waals surface area contributed by atoms with Crippen LogP contribution in [0.1, 0.15) is 42.6 Å². The number of carbonyl (C=O) groups excluding carboxylic acids is 2. The van der Waals surface area contributed by atoms with E-state index in [-0.39, 0.29) is 24.3 Å². The molecular formula is C14H22N2O4. The van der Waals surface area contributed by atoms with Crippen molar-refractivity contribution in [3.63, 3.8) is 0 Å². The van der Waals surface area contributed by atoms with Crippen LogP contribution in [0.2, 0.25) is 0 Å². The van der Waals surface area contributed by atoms with Crippen molar-refractivity contribution in [2.75, 3.05) is 27.2 Å². The summed E-state index contributed by atoms with van der Waals surface area (Å²) in [5.41, 5.74) is 0. The predicted octanol–water partition coefficient (Wildman–Crippen LogP) is 1.59. The fourth-order valence-corrected chi connectivity index (χ4v) is 1.69. The number of rotatable bonds is 7.